The maximum atomic E-state index is 6.63. The van der Waals surface area contributed by atoms with Crippen molar-refractivity contribution in [1.82, 2.24) is 5.32 Å². The van der Waals surface area contributed by atoms with Gasteiger partial charge < -0.3 is 10.1 Å². The van der Waals surface area contributed by atoms with Crippen molar-refractivity contribution in [3.05, 3.63) is 35.9 Å². The summed E-state index contributed by atoms with van der Waals surface area (Å²) in [6, 6.07) is 10.6. The van der Waals surface area contributed by atoms with Gasteiger partial charge in [0.15, 0.2) is 0 Å². The van der Waals surface area contributed by atoms with E-state index in [1.165, 1.54) is 50.5 Å². The molecule has 1 aromatic carbocycles. The van der Waals surface area contributed by atoms with Gasteiger partial charge in [0.2, 0.25) is 0 Å². The average Bonchev–Trinajstić information content (AvgIpc) is 2.74. The van der Waals surface area contributed by atoms with E-state index < -0.39 is 0 Å². The molecule has 21 heavy (non-hydrogen) atoms. The van der Waals surface area contributed by atoms with Crippen molar-refractivity contribution in [2.45, 2.75) is 70.5 Å². The predicted octanol–water partition coefficient (Wildman–Crippen LogP) is 4.86. The lowest BCUT2D eigenvalue weighted by Crippen LogP contribution is -2.43. The fraction of sp³-hybridized carbons (Fsp3) is 0.684. The summed E-state index contributed by atoms with van der Waals surface area (Å²) in [6.45, 7) is 6.50. The summed E-state index contributed by atoms with van der Waals surface area (Å²) in [4.78, 5) is 0. The zero-order chi connectivity index (χ0) is 15.0. The number of hydrogen-bond acceptors (Lipinski definition) is 2. The number of benzene rings is 1. The third kappa shape index (κ3) is 5.12. The molecule has 2 nitrogen and oxygen atoms in total. The van der Waals surface area contributed by atoms with Crippen molar-refractivity contribution >= 4 is 0 Å². The quantitative estimate of drug-likeness (QED) is 0.572. The second kappa shape index (κ2) is 8.55. The molecular weight excluding hydrogens is 258 g/mol. The second-order valence-electron chi connectivity index (χ2n) is 6.44. The number of nitrogens with one attached hydrogen (secondary N) is 1. The first-order valence-corrected chi connectivity index (χ1v) is 8.69. The van der Waals surface area contributed by atoms with Crippen LogP contribution in [0.25, 0.3) is 0 Å². The van der Waals surface area contributed by atoms with Crippen LogP contribution in [-0.2, 0) is 4.74 Å². The Balaban J connectivity index is 2.03. The smallest absolute Gasteiger partial charge is 0.0814 e. The zero-order valence-corrected chi connectivity index (χ0v) is 13.7. The summed E-state index contributed by atoms with van der Waals surface area (Å²) in [6.07, 6.45) is 9.07. The minimum atomic E-state index is 0.0287. The van der Waals surface area contributed by atoms with Crippen molar-refractivity contribution in [3.63, 3.8) is 0 Å². The first-order valence-electron chi connectivity index (χ1n) is 8.69. The van der Waals surface area contributed by atoms with Gasteiger partial charge in [0.25, 0.3) is 0 Å². The van der Waals surface area contributed by atoms with Crippen LogP contribution in [0, 0.1) is 0 Å². The van der Waals surface area contributed by atoms with Gasteiger partial charge in [-0.3, -0.25) is 0 Å². The molecule has 0 aromatic heterocycles. The summed E-state index contributed by atoms with van der Waals surface area (Å²) in [5.41, 5.74) is 1.32. The number of ether oxygens (including phenoxy) is 1. The fourth-order valence-electron chi connectivity index (χ4n) is 3.37. The van der Waals surface area contributed by atoms with E-state index in [0.29, 0.717) is 0 Å². The molecular formula is C19H31NO. The topological polar surface area (TPSA) is 21.3 Å². The van der Waals surface area contributed by atoms with Gasteiger partial charge in [-0.2, -0.15) is 0 Å². The van der Waals surface area contributed by atoms with Crippen LogP contribution in [0.4, 0.5) is 0 Å². The first-order chi connectivity index (χ1) is 10.3. The van der Waals surface area contributed by atoms with Crippen LogP contribution in [0.5, 0.6) is 0 Å². The SMILES string of the molecule is CCCNCC1(OC(C)c2ccccc2)CCCCCC1. The Morgan fingerprint density at radius 1 is 1.10 bits per heavy atom. The van der Waals surface area contributed by atoms with E-state index in [0.717, 1.165) is 13.1 Å². The third-order valence-electron chi connectivity index (χ3n) is 4.58. The van der Waals surface area contributed by atoms with Crippen LogP contribution < -0.4 is 5.32 Å². The van der Waals surface area contributed by atoms with Crippen molar-refractivity contribution in [3.8, 4) is 0 Å². The second-order valence-corrected chi connectivity index (χ2v) is 6.44. The Kier molecular flexibility index (Phi) is 6.72. The minimum Gasteiger partial charge on any atom is -0.366 e. The summed E-state index contributed by atoms with van der Waals surface area (Å²) < 4.78 is 6.63. The van der Waals surface area contributed by atoms with Gasteiger partial charge in [-0.1, -0.05) is 62.9 Å². The van der Waals surface area contributed by atoms with Crippen LogP contribution in [0.2, 0.25) is 0 Å². The third-order valence-corrected chi connectivity index (χ3v) is 4.58. The van der Waals surface area contributed by atoms with Gasteiger partial charge in [0.1, 0.15) is 0 Å². The Morgan fingerprint density at radius 3 is 2.38 bits per heavy atom. The summed E-state index contributed by atoms with van der Waals surface area (Å²) in [5.74, 6) is 0. The van der Waals surface area contributed by atoms with E-state index in [1.54, 1.807) is 0 Å². The number of rotatable bonds is 7. The predicted molar refractivity (Wildman–Crippen MR) is 89.5 cm³/mol. The zero-order valence-electron chi connectivity index (χ0n) is 13.7. The first kappa shape index (κ1) is 16.5. The van der Waals surface area contributed by atoms with Gasteiger partial charge in [-0.25, -0.2) is 0 Å². The Morgan fingerprint density at radius 2 is 1.76 bits per heavy atom. The highest BCUT2D eigenvalue weighted by Crippen LogP contribution is 2.34. The van der Waals surface area contributed by atoms with Crippen molar-refractivity contribution in [2.75, 3.05) is 13.1 Å². The lowest BCUT2D eigenvalue weighted by atomic mass is 9.93. The highest BCUT2D eigenvalue weighted by atomic mass is 16.5. The fourth-order valence-corrected chi connectivity index (χ4v) is 3.37. The van der Waals surface area contributed by atoms with Crippen LogP contribution >= 0.6 is 0 Å². The normalized spacial score (nSPS) is 19.9. The molecule has 1 saturated carbocycles. The summed E-state index contributed by atoms with van der Waals surface area (Å²) in [5, 5.41) is 3.61. The highest BCUT2D eigenvalue weighted by Gasteiger charge is 2.33. The molecule has 1 atom stereocenters. The van der Waals surface area contributed by atoms with Crippen LogP contribution in [-0.4, -0.2) is 18.7 Å². The molecule has 1 aliphatic rings. The van der Waals surface area contributed by atoms with Gasteiger partial charge in [0, 0.05) is 6.54 Å². The maximum absolute atomic E-state index is 6.63. The van der Waals surface area contributed by atoms with E-state index in [-0.39, 0.29) is 11.7 Å². The number of hydrogen-bond donors (Lipinski definition) is 1. The van der Waals surface area contributed by atoms with Crippen molar-refractivity contribution < 1.29 is 4.74 Å². The van der Waals surface area contributed by atoms with Gasteiger partial charge in [-0.15, -0.1) is 0 Å². The van der Waals surface area contributed by atoms with Crippen LogP contribution in [0.15, 0.2) is 30.3 Å². The van der Waals surface area contributed by atoms with Gasteiger partial charge >= 0.3 is 0 Å². The Hall–Kier alpha value is -0.860. The van der Waals surface area contributed by atoms with E-state index in [1.807, 2.05) is 0 Å². The molecule has 2 rings (SSSR count). The van der Waals surface area contributed by atoms with E-state index in [4.69, 9.17) is 4.74 Å². The minimum absolute atomic E-state index is 0.0287. The summed E-state index contributed by atoms with van der Waals surface area (Å²) in [7, 11) is 0. The largest absolute Gasteiger partial charge is 0.366 e. The molecule has 1 N–H and O–H groups in total. The molecule has 0 heterocycles. The molecule has 0 aliphatic heterocycles. The van der Waals surface area contributed by atoms with Crippen molar-refractivity contribution in [1.29, 1.82) is 0 Å². The van der Waals surface area contributed by atoms with E-state index >= 15 is 0 Å². The van der Waals surface area contributed by atoms with Crippen LogP contribution in [0.1, 0.15) is 70.5 Å². The molecule has 1 aliphatic carbocycles. The lowest BCUT2D eigenvalue weighted by Gasteiger charge is -2.36. The van der Waals surface area contributed by atoms with E-state index in [2.05, 4.69) is 49.5 Å². The molecule has 2 heteroatoms. The van der Waals surface area contributed by atoms with Gasteiger partial charge in [0.05, 0.1) is 11.7 Å². The maximum Gasteiger partial charge on any atom is 0.0814 e. The Bertz CT molecular complexity index is 382. The molecule has 0 amide bonds. The standard InChI is InChI=1S/C19H31NO/c1-3-15-20-16-19(13-9-4-5-10-14-19)21-17(2)18-11-7-6-8-12-18/h6-8,11-12,17,20H,3-5,9-10,13-16H2,1-2H3. The molecule has 0 saturated heterocycles. The lowest BCUT2D eigenvalue weighted by molar-refractivity contribution is -0.0965. The van der Waals surface area contributed by atoms with Gasteiger partial charge in [-0.05, 0) is 38.3 Å². The Labute approximate surface area is 130 Å². The monoisotopic (exact) mass is 289 g/mol. The van der Waals surface area contributed by atoms with E-state index in [9.17, 15) is 0 Å². The molecule has 1 unspecified atom stereocenters. The molecule has 0 radical (unpaired) electrons. The molecule has 0 spiro atoms. The average molecular weight is 289 g/mol. The molecule has 0 bridgehead atoms. The van der Waals surface area contributed by atoms with Crippen LogP contribution in [0.3, 0.4) is 0 Å². The van der Waals surface area contributed by atoms with Crippen molar-refractivity contribution in [2.24, 2.45) is 0 Å². The molecule has 1 aromatic rings. The summed E-state index contributed by atoms with van der Waals surface area (Å²) >= 11 is 0. The molecule has 118 valence electrons. The molecule has 1 fully saturated rings. The highest BCUT2D eigenvalue weighted by molar-refractivity contribution is 5.17.